The van der Waals surface area contributed by atoms with Crippen LogP contribution in [0.5, 0.6) is 0 Å². The van der Waals surface area contributed by atoms with Gasteiger partial charge in [0.2, 0.25) is 0 Å². The lowest BCUT2D eigenvalue weighted by atomic mass is 10.1. The minimum Gasteiger partial charge on any atom is -0.481 e. The van der Waals surface area contributed by atoms with E-state index in [4.69, 9.17) is 26.5 Å². The van der Waals surface area contributed by atoms with Crippen molar-refractivity contribution in [3.8, 4) is 0 Å². The Hall–Kier alpha value is -3.33. The number of hydrogen-bond acceptors (Lipinski definition) is 7. The molecule has 5 N–H and O–H groups in total. The number of hydrazine groups is 1. The molecule has 192 valence electrons. The molecule has 1 aliphatic heterocycles. The third-order valence-corrected chi connectivity index (χ3v) is 5.90. The normalized spacial score (nSPS) is 14.0. The number of carboxylic acids is 1. The summed E-state index contributed by atoms with van der Waals surface area (Å²) in [6.07, 6.45) is 8.41. The van der Waals surface area contributed by atoms with Crippen molar-refractivity contribution >= 4 is 17.4 Å². The van der Waals surface area contributed by atoms with E-state index in [1.807, 2.05) is 18.3 Å². The Kier molecular flexibility index (Phi) is 10.8. The van der Waals surface area contributed by atoms with Crippen molar-refractivity contribution < 1.29 is 9.90 Å². The van der Waals surface area contributed by atoms with Crippen LogP contribution >= 0.6 is 0 Å². The number of likely N-dealkylation sites (N-methyl/N-ethyl adjacent to an activating group) is 1. The SMILES string of the molecule is CC(=O)O.CCCc1ccc(=O)n(C/C(=C(/N)c2ccc(N3CCCCC3)c(CC)n2)N(C)N)c1. The van der Waals surface area contributed by atoms with Gasteiger partial charge in [-0.15, -0.1) is 0 Å². The van der Waals surface area contributed by atoms with Gasteiger partial charge in [-0.25, -0.2) is 10.8 Å². The van der Waals surface area contributed by atoms with Crippen molar-refractivity contribution in [3.63, 3.8) is 0 Å². The Bertz CT molecular complexity index is 1070. The van der Waals surface area contributed by atoms with Crippen LogP contribution in [-0.4, -0.2) is 45.8 Å². The number of nitrogens with two attached hydrogens (primary N) is 2. The average molecular weight is 485 g/mol. The standard InChI is InChI=1S/C24H36N6O.C2H4O2/c1-4-9-18-10-13-23(31)30(16-18)17-22(28(3)26)24(25)20-11-12-21(19(5-2)27-20)29-14-7-6-8-15-29;1-2(3)4/h10-13,16H,4-9,14-15,17,25-26H2,1-3H3;1H3,(H,3,4)/b24-22-;. The van der Waals surface area contributed by atoms with Crippen LogP contribution in [0.2, 0.25) is 0 Å². The number of carbonyl (C=O) groups is 1. The largest absolute Gasteiger partial charge is 0.481 e. The highest BCUT2D eigenvalue weighted by Gasteiger charge is 2.18. The summed E-state index contributed by atoms with van der Waals surface area (Å²) in [7, 11) is 1.74. The predicted octanol–water partition coefficient (Wildman–Crippen LogP) is 2.97. The summed E-state index contributed by atoms with van der Waals surface area (Å²) in [6.45, 7) is 7.78. The predicted molar refractivity (Wildman–Crippen MR) is 141 cm³/mol. The maximum Gasteiger partial charge on any atom is 0.300 e. The van der Waals surface area contributed by atoms with E-state index >= 15 is 0 Å². The molecule has 9 nitrogen and oxygen atoms in total. The molecule has 0 amide bonds. The molecule has 0 atom stereocenters. The van der Waals surface area contributed by atoms with Crippen LogP contribution in [0, 0.1) is 0 Å². The molecule has 0 unspecified atom stereocenters. The van der Waals surface area contributed by atoms with Crippen molar-refractivity contribution in [3.05, 3.63) is 63.5 Å². The van der Waals surface area contributed by atoms with Gasteiger partial charge in [-0.2, -0.15) is 0 Å². The molecule has 3 heterocycles. The highest BCUT2D eigenvalue weighted by atomic mass is 16.4. The Labute approximate surface area is 208 Å². The van der Waals surface area contributed by atoms with Crippen LogP contribution in [-0.2, 0) is 24.2 Å². The second-order valence-corrected chi connectivity index (χ2v) is 8.81. The number of carboxylic acid groups (broad SMARTS) is 1. The van der Waals surface area contributed by atoms with E-state index in [-0.39, 0.29) is 5.56 Å². The number of allylic oxidation sites excluding steroid dienone is 1. The third-order valence-electron chi connectivity index (χ3n) is 5.90. The highest BCUT2D eigenvalue weighted by molar-refractivity contribution is 5.65. The summed E-state index contributed by atoms with van der Waals surface area (Å²) in [5.41, 5.74) is 11.7. The minimum atomic E-state index is -0.833. The number of pyridine rings is 2. The number of piperidine rings is 1. The van der Waals surface area contributed by atoms with Gasteiger partial charge in [0.15, 0.2) is 0 Å². The number of anilines is 1. The van der Waals surface area contributed by atoms with Crippen LogP contribution in [0.25, 0.3) is 5.70 Å². The number of aliphatic carboxylic acids is 1. The fourth-order valence-corrected chi connectivity index (χ4v) is 4.16. The lowest BCUT2D eigenvalue weighted by molar-refractivity contribution is -0.134. The van der Waals surface area contributed by atoms with Gasteiger partial charge in [0.25, 0.3) is 11.5 Å². The van der Waals surface area contributed by atoms with E-state index in [2.05, 4.69) is 24.8 Å². The van der Waals surface area contributed by atoms with Crippen LogP contribution in [0.3, 0.4) is 0 Å². The van der Waals surface area contributed by atoms with Gasteiger partial charge < -0.3 is 25.3 Å². The lowest BCUT2D eigenvalue weighted by Gasteiger charge is -2.30. The fraction of sp³-hybridized carbons (Fsp3) is 0.500. The Morgan fingerprint density at radius 3 is 2.37 bits per heavy atom. The molecule has 1 fully saturated rings. The van der Waals surface area contributed by atoms with Gasteiger partial charge in [0.1, 0.15) is 0 Å². The van der Waals surface area contributed by atoms with E-state index in [9.17, 15) is 4.79 Å². The maximum absolute atomic E-state index is 12.4. The molecule has 0 spiro atoms. The molecule has 0 saturated carbocycles. The van der Waals surface area contributed by atoms with Crippen molar-refractivity contribution in [2.45, 2.75) is 65.8 Å². The molecular formula is C26H40N6O3. The van der Waals surface area contributed by atoms with Crippen LogP contribution in [0.1, 0.15) is 63.4 Å². The monoisotopic (exact) mass is 484 g/mol. The van der Waals surface area contributed by atoms with Crippen molar-refractivity contribution in [2.75, 3.05) is 25.0 Å². The van der Waals surface area contributed by atoms with Crippen molar-refractivity contribution in [1.82, 2.24) is 14.6 Å². The first-order valence-corrected chi connectivity index (χ1v) is 12.3. The lowest BCUT2D eigenvalue weighted by Crippen LogP contribution is -2.33. The molecule has 1 aliphatic rings. The molecule has 0 aliphatic carbocycles. The maximum atomic E-state index is 12.4. The second kappa shape index (κ2) is 13.5. The minimum absolute atomic E-state index is 0.0744. The first kappa shape index (κ1) is 27.9. The first-order valence-electron chi connectivity index (χ1n) is 12.3. The average Bonchev–Trinajstić information content (AvgIpc) is 2.83. The quantitative estimate of drug-likeness (QED) is 0.385. The Morgan fingerprint density at radius 1 is 1.14 bits per heavy atom. The van der Waals surface area contributed by atoms with Crippen molar-refractivity contribution in [2.24, 2.45) is 11.6 Å². The first-order chi connectivity index (χ1) is 16.7. The van der Waals surface area contributed by atoms with Gasteiger partial charge >= 0.3 is 0 Å². The Balaban J connectivity index is 0.00000100. The van der Waals surface area contributed by atoms with E-state index in [0.29, 0.717) is 23.6 Å². The number of nitrogens with zero attached hydrogens (tertiary/aromatic N) is 4. The number of aromatic nitrogens is 2. The third kappa shape index (κ3) is 8.13. The van der Waals surface area contributed by atoms with E-state index < -0.39 is 5.97 Å². The molecule has 0 aromatic carbocycles. The van der Waals surface area contributed by atoms with Crippen LogP contribution in [0.4, 0.5) is 5.69 Å². The molecule has 2 aromatic heterocycles. The molecular weight excluding hydrogens is 444 g/mol. The molecule has 9 heteroatoms. The zero-order valence-electron chi connectivity index (χ0n) is 21.5. The fourth-order valence-electron chi connectivity index (χ4n) is 4.16. The zero-order valence-corrected chi connectivity index (χ0v) is 21.5. The number of rotatable bonds is 8. The summed E-state index contributed by atoms with van der Waals surface area (Å²) < 4.78 is 1.67. The zero-order chi connectivity index (χ0) is 26.0. The summed E-state index contributed by atoms with van der Waals surface area (Å²) in [5, 5.41) is 8.90. The topological polar surface area (TPSA) is 131 Å². The van der Waals surface area contributed by atoms with E-state index in [0.717, 1.165) is 50.5 Å². The molecule has 2 aromatic rings. The van der Waals surface area contributed by atoms with Crippen LogP contribution in [0.15, 0.2) is 41.0 Å². The van der Waals surface area contributed by atoms with Gasteiger partial charge in [0, 0.05) is 39.3 Å². The summed E-state index contributed by atoms with van der Waals surface area (Å²) in [6, 6.07) is 7.59. The van der Waals surface area contributed by atoms with Gasteiger partial charge in [0.05, 0.1) is 35.0 Å². The van der Waals surface area contributed by atoms with Crippen LogP contribution < -0.4 is 22.0 Å². The second-order valence-electron chi connectivity index (χ2n) is 8.81. The summed E-state index contributed by atoms with van der Waals surface area (Å²) in [5.74, 6) is 5.30. The van der Waals surface area contributed by atoms with Gasteiger partial charge in [-0.1, -0.05) is 26.3 Å². The summed E-state index contributed by atoms with van der Waals surface area (Å²) in [4.78, 5) is 28.7. The molecule has 0 radical (unpaired) electrons. The van der Waals surface area contributed by atoms with Crippen molar-refractivity contribution in [1.29, 1.82) is 0 Å². The smallest absolute Gasteiger partial charge is 0.300 e. The Morgan fingerprint density at radius 2 is 1.80 bits per heavy atom. The van der Waals surface area contributed by atoms with Gasteiger partial charge in [-0.05, 0) is 49.8 Å². The molecule has 3 rings (SSSR count). The molecule has 1 saturated heterocycles. The number of aryl methyl sites for hydroxylation is 2. The summed E-state index contributed by atoms with van der Waals surface area (Å²) >= 11 is 0. The number of hydrogen-bond donors (Lipinski definition) is 3. The van der Waals surface area contributed by atoms with E-state index in [1.165, 1.54) is 30.0 Å². The highest BCUT2D eigenvalue weighted by Crippen LogP contribution is 2.26. The molecule has 0 bridgehead atoms. The van der Waals surface area contributed by atoms with Gasteiger partial charge in [-0.3, -0.25) is 9.59 Å². The van der Waals surface area contributed by atoms with E-state index in [1.54, 1.807) is 17.7 Å². The molecule has 35 heavy (non-hydrogen) atoms.